The van der Waals surface area contributed by atoms with Crippen molar-refractivity contribution in [1.82, 2.24) is 19.9 Å². The maximum Gasteiger partial charge on any atom is 0.321 e. The predicted molar refractivity (Wildman–Crippen MR) is 100 cm³/mol. The Labute approximate surface area is 151 Å². The molecule has 26 heavy (non-hydrogen) atoms. The van der Waals surface area contributed by atoms with Crippen LogP contribution in [0, 0.1) is 0 Å². The predicted octanol–water partition coefficient (Wildman–Crippen LogP) is 2.99. The number of para-hydroxylation sites is 1. The fourth-order valence-corrected chi connectivity index (χ4v) is 3.08. The molecule has 1 atom stereocenters. The zero-order chi connectivity index (χ0) is 17.8. The van der Waals surface area contributed by atoms with Gasteiger partial charge in [-0.2, -0.15) is 0 Å². The summed E-state index contributed by atoms with van der Waals surface area (Å²) in [5.74, 6) is 0. The van der Waals surface area contributed by atoms with Crippen LogP contribution < -0.4 is 10.6 Å². The van der Waals surface area contributed by atoms with Crippen molar-refractivity contribution >= 4 is 17.4 Å². The van der Waals surface area contributed by atoms with Crippen molar-refractivity contribution in [3.63, 3.8) is 0 Å². The second-order valence-corrected chi connectivity index (χ2v) is 6.27. The van der Waals surface area contributed by atoms with Crippen LogP contribution in [-0.2, 0) is 0 Å². The van der Waals surface area contributed by atoms with Gasteiger partial charge in [-0.1, -0.05) is 23.4 Å². The van der Waals surface area contributed by atoms with E-state index in [2.05, 4.69) is 20.9 Å². The van der Waals surface area contributed by atoms with Crippen LogP contribution in [0.5, 0.6) is 0 Å². The molecule has 7 nitrogen and oxygen atoms in total. The van der Waals surface area contributed by atoms with Gasteiger partial charge in [-0.15, -0.1) is 5.10 Å². The number of aromatic nitrogens is 3. The highest BCUT2D eigenvalue weighted by atomic mass is 16.2. The van der Waals surface area contributed by atoms with Gasteiger partial charge in [0.2, 0.25) is 0 Å². The molecule has 1 fully saturated rings. The molecule has 132 valence electrons. The zero-order valence-corrected chi connectivity index (χ0v) is 14.2. The van der Waals surface area contributed by atoms with Crippen molar-refractivity contribution in [3.8, 4) is 5.69 Å². The first-order valence-electron chi connectivity index (χ1n) is 8.62. The number of nitrogens with zero attached hydrogens (tertiary/aromatic N) is 4. The normalized spacial score (nSPS) is 16.5. The number of amides is 2. The summed E-state index contributed by atoms with van der Waals surface area (Å²) < 4.78 is 1.67. The molecule has 0 spiro atoms. The van der Waals surface area contributed by atoms with E-state index in [1.165, 1.54) is 0 Å². The average Bonchev–Trinajstić information content (AvgIpc) is 3.35. The quantitative estimate of drug-likeness (QED) is 0.760. The Kier molecular flexibility index (Phi) is 4.51. The molecule has 2 heterocycles. The minimum absolute atomic E-state index is 0.0733. The largest absolute Gasteiger partial charge is 0.380 e. The van der Waals surface area contributed by atoms with Crippen LogP contribution in [0.2, 0.25) is 0 Å². The van der Waals surface area contributed by atoms with Crippen LogP contribution in [-0.4, -0.2) is 45.1 Å². The number of benzene rings is 2. The Morgan fingerprint density at radius 3 is 2.58 bits per heavy atom. The zero-order valence-electron chi connectivity index (χ0n) is 14.2. The Balaban J connectivity index is 1.32. The second kappa shape index (κ2) is 7.26. The van der Waals surface area contributed by atoms with Crippen molar-refractivity contribution in [2.45, 2.75) is 12.5 Å². The van der Waals surface area contributed by atoms with Gasteiger partial charge in [-0.05, 0) is 42.8 Å². The highest BCUT2D eigenvalue weighted by Crippen LogP contribution is 2.18. The van der Waals surface area contributed by atoms with Crippen LogP contribution in [0.15, 0.2) is 67.0 Å². The van der Waals surface area contributed by atoms with Crippen LogP contribution >= 0.6 is 0 Å². The summed E-state index contributed by atoms with van der Waals surface area (Å²) in [5, 5.41) is 14.2. The van der Waals surface area contributed by atoms with E-state index in [-0.39, 0.29) is 12.1 Å². The number of nitrogens with one attached hydrogen (secondary N) is 2. The van der Waals surface area contributed by atoms with Crippen LogP contribution in [0.3, 0.4) is 0 Å². The summed E-state index contributed by atoms with van der Waals surface area (Å²) >= 11 is 0. The monoisotopic (exact) mass is 348 g/mol. The van der Waals surface area contributed by atoms with Gasteiger partial charge in [-0.25, -0.2) is 9.48 Å². The molecule has 2 amide bonds. The number of likely N-dealkylation sites (tertiary alicyclic amines) is 1. The number of carbonyl (C=O) groups excluding carboxylic acids is 1. The van der Waals surface area contributed by atoms with E-state index < -0.39 is 0 Å². The fraction of sp³-hybridized carbons (Fsp3) is 0.211. The third kappa shape index (κ3) is 3.66. The minimum atomic E-state index is -0.0733. The fourth-order valence-electron chi connectivity index (χ4n) is 3.08. The first-order valence-corrected chi connectivity index (χ1v) is 8.62. The lowest BCUT2D eigenvalue weighted by molar-refractivity contribution is 0.222. The third-order valence-corrected chi connectivity index (χ3v) is 4.43. The molecule has 0 aliphatic carbocycles. The lowest BCUT2D eigenvalue weighted by atomic mass is 10.2. The van der Waals surface area contributed by atoms with Gasteiger partial charge in [0.1, 0.15) is 0 Å². The van der Waals surface area contributed by atoms with E-state index in [0.29, 0.717) is 6.54 Å². The average molecular weight is 348 g/mol. The molecule has 0 saturated carbocycles. The minimum Gasteiger partial charge on any atom is -0.380 e. The molecule has 1 aliphatic heterocycles. The van der Waals surface area contributed by atoms with Gasteiger partial charge in [0.05, 0.1) is 18.1 Å². The molecular weight excluding hydrogens is 328 g/mol. The van der Waals surface area contributed by atoms with Gasteiger partial charge in [-0.3, -0.25) is 0 Å². The number of hydrogen-bond donors (Lipinski definition) is 2. The highest BCUT2D eigenvalue weighted by molar-refractivity contribution is 5.89. The van der Waals surface area contributed by atoms with Gasteiger partial charge in [0.15, 0.2) is 0 Å². The van der Waals surface area contributed by atoms with Gasteiger partial charge < -0.3 is 15.5 Å². The van der Waals surface area contributed by atoms with Crippen molar-refractivity contribution in [2.75, 3.05) is 23.7 Å². The molecule has 1 saturated heterocycles. The molecular formula is C19H20N6O. The van der Waals surface area contributed by atoms with Crippen LogP contribution in [0.4, 0.5) is 16.2 Å². The maximum absolute atomic E-state index is 12.5. The van der Waals surface area contributed by atoms with E-state index in [1.54, 1.807) is 17.1 Å². The molecule has 0 radical (unpaired) electrons. The van der Waals surface area contributed by atoms with Crippen molar-refractivity contribution in [1.29, 1.82) is 0 Å². The lowest BCUT2D eigenvalue weighted by Crippen LogP contribution is -2.34. The highest BCUT2D eigenvalue weighted by Gasteiger charge is 2.26. The number of urea groups is 1. The maximum atomic E-state index is 12.5. The van der Waals surface area contributed by atoms with Gasteiger partial charge >= 0.3 is 6.03 Å². The van der Waals surface area contributed by atoms with Crippen molar-refractivity contribution < 1.29 is 4.79 Å². The standard InChI is InChI=1S/C19H20N6O/c26-19(22-16-6-8-18(9-7-16)25-13-11-20-23-25)24-12-10-17(14-24)21-15-4-2-1-3-5-15/h1-9,11,13,17,21H,10,12,14H2,(H,22,26). The smallest absolute Gasteiger partial charge is 0.321 e. The SMILES string of the molecule is O=C(Nc1ccc(-n2ccnn2)cc1)N1CCC(Nc2ccccc2)C1. The number of hydrogen-bond acceptors (Lipinski definition) is 4. The van der Waals surface area contributed by atoms with E-state index in [0.717, 1.165) is 30.0 Å². The molecule has 2 aromatic carbocycles. The number of rotatable bonds is 4. The van der Waals surface area contributed by atoms with Gasteiger partial charge in [0, 0.05) is 30.5 Å². The summed E-state index contributed by atoms with van der Waals surface area (Å²) in [6.45, 7) is 1.44. The topological polar surface area (TPSA) is 75.1 Å². The van der Waals surface area contributed by atoms with Crippen LogP contribution in [0.1, 0.15) is 6.42 Å². The van der Waals surface area contributed by atoms with E-state index in [9.17, 15) is 4.79 Å². The number of anilines is 2. The van der Waals surface area contributed by atoms with Crippen molar-refractivity contribution in [3.05, 3.63) is 67.0 Å². The summed E-state index contributed by atoms with van der Waals surface area (Å²) in [7, 11) is 0. The molecule has 2 N–H and O–H groups in total. The summed E-state index contributed by atoms with van der Waals surface area (Å²) in [5.41, 5.74) is 2.75. The Morgan fingerprint density at radius 2 is 1.85 bits per heavy atom. The molecule has 1 unspecified atom stereocenters. The van der Waals surface area contributed by atoms with E-state index >= 15 is 0 Å². The van der Waals surface area contributed by atoms with Gasteiger partial charge in [0.25, 0.3) is 0 Å². The molecule has 1 aromatic heterocycles. The lowest BCUT2D eigenvalue weighted by Gasteiger charge is -2.18. The Hall–Kier alpha value is -3.35. The van der Waals surface area contributed by atoms with Crippen molar-refractivity contribution in [2.24, 2.45) is 0 Å². The Morgan fingerprint density at radius 1 is 1.04 bits per heavy atom. The summed E-state index contributed by atoms with van der Waals surface area (Å²) in [6.07, 6.45) is 4.34. The first kappa shape index (κ1) is 16.1. The Bertz CT molecular complexity index is 848. The molecule has 7 heteroatoms. The number of carbonyl (C=O) groups is 1. The summed E-state index contributed by atoms with van der Waals surface area (Å²) in [4.78, 5) is 14.3. The molecule has 3 aromatic rings. The molecule has 1 aliphatic rings. The van der Waals surface area contributed by atoms with E-state index in [1.807, 2.05) is 59.5 Å². The third-order valence-electron chi connectivity index (χ3n) is 4.43. The van der Waals surface area contributed by atoms with Crippen LogP contribution in [0.25, 0.3) is 5.69 Å². The summed E-state index contributed by atoms with van der Waals surface area (Å²) in [6, 6.07) is 17.8. The van der Waals surface area contributed by atoms with E-state index in [4.69, 9.17) is 0 Å². The second-order valence-electron chi connectivity index (χ2n) is 6.27. The first-order chi connectivity index (χ1) is 12.8. The molecule has 4 rings (SSSR count). The molecule has 0 bridgehead atoms.